The molecule has 0 saturated heterocycles. The zero-order valence-electron chi connectivity index (χ0n) is 13.4. The van der Waals surface area contributed by atoms with E-state index in [0.29, 0.717) is 0 Å². The number of guanidine groups is 1. The standard InChI is InChI=1S/C13H21N5O5/c1-6(19)16-9-7(17-13(14)15)5-8(12(21)22-4)23-10(9)11(20)18(2)3/h5,7,9-10H,1-4H3,(H,16,19)(H4,14,15,17)/t7-,9+,10+/m0/s1. The molecule has 0 aromatic rings. The maximum atomic E-state index is 12.3. The Kier molecular flexibility index (Phi) is 5.94. The summed E-state index contributed by atoms with van der Waals surface area (Å²) in [6.45, 7) is 1.28. The average molecular weight is 327 g/mol. The van der Waals surface area contributed by atoms with Crippen LogP contribution in [0, 0.1) is 0 Å². The van der Waals surface area contributed by atoms with Crippen LogP contribution in [-0.2, 0) is 23.9 Å². The third-order valence-corrected chi connectivity index (χ3v) is 3.01. The van der Waals surface area contributed by atoms with E-state index in [0.717, 1.165) is 0 Å². The number of carbonyl (C=O) groups is 3. The van der Waals surface area contributed by atoms with E-state index < -0.39 is 36.0 Å². The van der Waals surface area contributed by atoms with Gasteiger partial charge in [0.1, 0.15) is 12.1 Å². The van der Waals surface area contributed by atoms with Crippen molar-refractivity contribution < 1.29 is 23.9 Å². The Morgan fingerprint density at radius 2 is 1.96 bits per heavy atom. The predicted octanol–water partition coefficient (Wildman–Crippen LogP) is -2.32. The molecule has 10 nitrogen and oxygen atoms in total. The van der Waals surface area contributed by atoms with Crippen molar-refractivity contribution in [3.8, 4) is 0 Å². The van der Waals surface area contributed by atoms with Crippen LogP contribution in [0.25, 0.3) is 0 Å². The fourth-order valence-electron chi connectivity index (χ4n) is 2.05. The number of aliphatic imine (C=N–C) groups is 1. The maximum absolute atomic E-state index is 12.3. The number of hydrogen-bond donors (Lipinski definition) is 3. The SMILES string of the molecule is COC(=O)C1=C[C@H](N=C(N)N)[C@@H](NC(C)=O)[C@H](C(=O)N(C)C)O1. The fourth-order valence-corrected chi connectivity index (χ4v) is 2.05. The summed E-state index contributed by atoms with van der Waals surface area (Å²) in [5.74, 6) is -2.11. The Morgan fingerprint density at radius 3 is 2.39 bits per heavy atom. The minimum Gasteiger partial charge on any atom is -0.471 e. The molecule has 0 aliphatic carbocycles. The molecule has 0 unspecified atom stereocenters. The summed E-state index contributed by atoms with van der Waals surface area (Å²) in [5.41, 5.74) is 10.8. The van der Waals surface area contributed by atoms with Crippen molar-refractivity contribution in [1.82, 2.24) is 10.2 Å². The lowest BCUT2D eigenvalue weighted by Crippen LogP contribution is -2.58. The van der Waals surface area contributed by atoms with E-state index >= 15 is 0 Å². The van der Waals surface area contributed by atoms with E-state index in [2.05, 4.69) is 15.0 Å². The molecular formula is C13H21N5O5. The Balaban J connectivity index is 3.33. The number of likely N-dealkylation sites (N-methyl/N-ethyl adjacent to an activating group) is 1. The number of hydrogen-bond acceptors (Lipinski definition) is 6. The van der Waals surface area contributed by atoms with Gasteiger partial charge in [-0.15, -0.1) is 0 Å². The van der Waals surface area contributed by atoms with Crippen LogP contribution in [-0.4, -0.2) is 68.0 Å². The first kappa shape index (κ1) is 18.3. The van der Waals surface area contributed by atoms with Crippen molar-refractivity contribution in [1.29, 1.82) is 0 Å². The Labute approximate surface area is 133 Å². The van der Waals surface area contributed by atoms with Gasteiger partial charge in [0.25, 0.3) is 5.91 Å². The number of nitrogens with two attached hydrogens (primary N) is 2. The van der Waals surface area contributed by atoms with Crippen molar-refractivity contribution in [2.75, 3.05) is 21.2 Å². The van der Waals surface area contributed by atoms with Gasteiger partial charge in [-0.2, -0.15) is 0 Å². The monoisotopic (exact) mass is 327 g/mol. The number of carbonyl (C=O) groups excluding carboxylic acids is 3. The summed E-state index contributed by atoms with van der Waals surface area (Å²) in [7, 11) is 4.20. The molecule has 1 heterocycles. The number of nitrogens with zero attached hydrogens (tertiary/aromatic N) is 2. The van der Waals surface area contributed by atoms with Gasteiger partial charge in [-0.3, -0.25) is 9.59 Å². The molecule has 1 aliphatic heterocycles. The predicted molar refractivity (Wildman–Crippen MR) is 80.9 cm³/mol. The molecule has 0 radical (unpaired) electrons. The molecule has 3 atom stereocenters. The van der Waals surface area contributed by atoms with Crippen LogP contribution >= 0.6 is 0 Å². The zero-order valence-corrected chi connectivity index (χ0v) is 13.4. The Hall–Kier alpha value is -2.78. The van der Waals surface area contributed by atoms with Crippen LogP contribution in [0.5, 0.6) is 0 Å². The molecular weight excluding hydrogens is 306 g/mol. The van der Waals surface area contributed by atoms with Crippen molar-refractivity contribution in [2.45, 2.75) is 25.1 Å². The summed E-state index contributed by atoms with van der Waals surface area (Å²) in [4.78, 5) is 40.7. The molecule has 0 saturated carbocycles. The molecule has 0 aromatic carbocycles. The molecule has 0 aromatic heterocycles. The van der Waals surface area contributed by atoms with E-state index in [4.69, 9.17) is 16.2 Å². The lowest BCUT2D eigenvalue weighted by atomic mass is 9.97. The lowest BCUT2D eigenvalue weighted by Gasteiger charge is -2.35. The van der Waals surface area contributed by atoms with Crippen molar-refractivity contribution in [3.05, 3.63) is 11.8 Å². The molecule has 2 amide bonds. The van der Waals surface area contributed by atoms with Crippen LogP contribution in [0.15, 0.2) is 16.8 Å². The number of ether oxygens (including phenoxy) is 2. The largest absolute Gasteiger partial charge is 0.471 e. The van der Waals surface area contributed by atoms with Crippen LogP contribution in [0.1, 0.15) is 6.92 Å². The van der Waals surface area contributed by atoms with Gasteiger partial charge in [0, 0.05) is 21.0 Å². The molecule has 0 fully saturated rings. The third kappa shape index (κ3) is 4.59. The van der Waals surface area contributed by atoms with Gasteiger partial charge in [-0.1, -0.05) is 0 Å². The fraction of sp³-hybridized carbons (Fsp3) is 0.538. The molecule has 1 rings (SSSR count). The van der Waals surface area contributed by atoms with Gasteiger partial charge in [0.05, 0.1) is 7.11 Å². The van der Waals surface area contributed by atoms with E-state index in [1.165, 1.54) is 39.1 Å². The quantitative estimate of drug-likeness (QED) is 0.298. The second-order valence-electron chi connectivity index (χ2n) is 5.06. The third-order valence-electron chi connectivity index (χ3n) is 3.01. The number of methoxy groups -OCH3 is 1. The molecule has 5 N–H and O–H groups in total. The first-order valence-electron chi connectivity index (χ1n) is 6.71. The smallest absolute Gasteiger partial charge is 0.373 e. The van der Waals surface area contributed by atoms with Crippen LogP contribution in [0.4, 0.5) is 0 Å². The average Bonchev–Trinajstić information content (AvgIpc) is 2.45. The second-order valence-corrected chi connectivity index (χ2v) is 5.06. The molecule has 1 aliphatic rings. The maximum Gasteiger partial charge on any atom is 0.373 e. The molecule has 0 spiro atoms. The van der Waals surface area contributed by atoms with E-state index in [9.17, 15) is 14.4 Å². The van der Waals surface area contributed by atoms with Gasteiger partial charge in [-0.25, -0.2) is 9.79 Å². The minimum atomic E-state index is -1.18. The first-order valence-corrected chi connectivity index (χ1v) is 6.71. The highest BCUT2D eigenvalue weighted by Gasteiger charge is 2.42. The van der Waals surface area contributed by atoms with Crippen LogP contribution in [0.3, 0.4) is 0 Å². The summed E-state index contributed by atoms with van der Waals surface area (Å²) in [6, 6.07) is -1.74. The van der Waals surface area contributed by atoms with Gasteiger partial charge in [0.15, 0.2) is 12.1 Å². The number of esters is 1. The van der Waals surface area contributed by atoms with E-state index in [1.54, 1.807) is 0 Å². The number of nitrogens with one attached hydrogen (secondary N) is 1. The zero-order chi connectivity index (χ0) is 17.7. The Bertz CT molecular complexity index is 553. The van der Waals surface area contributed by atoms with Crippen LogP contribution < -0.4 is 16.8 Å². The summed E-state index contributed by atoms with van der Waals surface area (Å²) < 4.78 is 10.0. The molecule has 23 heavy (non-hydrogen) atoms. The van der Waals surface area contributed by atoms with E-state index in [1.807, 2.05) is 0 Å². The van der Waals surface area contributed by atoms with Gasteiger partial charge in [-0.05, 0) is 6.08 Å². The van der Waals surface area contributed by atoms with Gasteiger partial charge in [0.2, 0.25) is 11.7 Å². The molecule has 0 bridgehead atoms. The van der Waals surface area contributed by atoms with Crippen molar-refractivity contribution in [2.24, 2.45) is 16.5 Å². The van der Waals surface area contributed by atoms with Crippen LogP contribution in [0.2, 0.25) is 0 Å². The normalized spacial score (nSPS) is 23.0. The highest BCUT2D eigenvalue weighted by atomic mass is 16.6. The van der Waals surface area contributed by atoms with Crippen molar-refractivity contribution >= 4 is 23.7 Å². The van der Waals surface area contributed by atoms with E-state index in [-0.39, 0.29) is 11.7 Å². The summed E-state index contributed by atoms with van der Waals surface area (Å²) >= 11 is 0. The van der Waals surface area contributed by atoms with Crippen molar-refractivity contribution in [3.63, 3.8) is 0 Å². The van der Waals surface area contributed by atoms with Gasteiger partial charge >= 0.3 is 5.97 Å². The minimum absolute atomic E-state index is 0.204. The highest BCUT2D eigenvalue weighted by molar-refractivity contribution is 5.89. The van der Waals surface area contributed by atoms with Gasteiger partial charge < -0.3 is 31.2 Å². The number of rotatable bonds is 4. The first-order chi connectivity index (χ1) is 10.7. The topological polar surface area (TPSA) is 149 Å². The second kappa shape index (κ2) is 7.47. The molecule has 10 heteroatoms. The summed E-state index contributed by atoms with van der Waals surface area (Å²) in [5, 5.41) is 2.57. The number of amides is 2. The molecule has 128 valence electrons. The Morgan fingerprint density at radius 1 is 1.35 bits per heavy atom. The highest BCUT2D eigenvalue weighted by Crippen LogP contribution is 2.23. The summed E-state index contributed by atoms with van der Waals surface area (Å²) in [6.07, 6.45) is 0.118. The lowest BCUT2D eigenvalue weighted by molar-refractivity contribution is -0.149.